The summed E-state index contributed by atoms with van der Waals surface area (Å²) < 4.78 is 19.0. The number of halogens is 2. The van der Waals surface area contributed by atoms with E-state index in [-0.39, 0.29) is 24.6 Å². The third-order valence-corrected chi connectivity index (χ3v) is 6.28. The summed E-state index contributed by atoms with van der Waals surface area (Å²) in [5.74, 6) is 0.0198. The van der Waals surface area contributed by atoms with Gasteiger partial charge in [-0.05, 0) is 48.5 Å². The van der Waals surface area contributed by atoms with Crippen LogP contribution in [-0.4, -0.2) is 20.7 Å². The molecule has 1 aliphatic rings. The topological polar surface area (TPSA) is 90.2 Å². The normalized spacial score (nSPS) is 14.9. The molecule has 0 fully saturated rings. The lowest BCUT2D eigenvalue weighted by atomic mass is 10.2. The molecule has 35 heavy (non-hydrogen) atoms. The molecule has 1 aliphatic heterocycles. The van der Waals surface area contributed by atoms with Gasteiger partial charge in [0.1, 0.15) is 30.1 Å². The number of aromatic nitrogens is 1. The van der Waals surface area contributed by atoms with Crippen LogP contribution in [0.4, 0.5) is 0 Å². The minimum atomic E-state index is -1.07. The average Bonchev–Trinajstić information content (AvgIpc) is 3.45. The lowest BCUT2D eigenvalue weighted by molar-refractivity contribution is -0.0360. The lowest BCUT2D eigenvalue weighted by Gasteiger charge is -2.14. The molecule has 1 atom stereocenters. The molecule has 0 radical (unpaired) electrons. The predicted octanol–water partition coefficient (Wildman–Crippen LogP) is 6.52. The first-order valence-corrected chi connectivity index (χ1v) is 11.4. The van der Waals surface area contributed by atoms with E-state index in [1.807, 2.05) is 18.2 Å². The molecule has 0 bridgehead atoms. The minimum Gasteiger partial charge on any atom is -0.508 e. The van der Waals surface area contributed by atoms with Crippen LogP contribution in [0, 0.1) is 0 Å². The summed E-state index contributed by atoms with van der Waals surface area (Å²) in [5.41, 5.74) is 2.11. The highest BCUT2D eigenvalue weighted by molar-refractivity contribution is 6.31. The number of carboxylic acids is 1. The van der Waals surface area contributed by atoms with Crippen LogP contribution >= 0.6 is 23.2 Å². The second-order valence-electron chi connectivity index (χ2n) is 7.90. The van der Waals surface area contributed by atoms with Crippen molar-refractivity contribution in [3.05, 3.63) is 106 Å². The number of nitrogens with zero attached hydrogens (tertiary/aromatic N) is 1. The molecule has 0 saturated heterocycles. The monoisotopic (exact) mass is 511 g/mol. The van der Waals surface area contributed by atoms with Crippen molar-refractivity contribution in [1.82, 2.24) is 4.57 Å². The predicted molar refractivity (Wildman–Crippen MR) is 131 cm³/mol. The highest BCUT2D eigenvalue weighted by Crippen LogP contribution is 2.34. The Balaban J connectivity index is 1.36. The van der Waals surface area contributed by atoms with Gasteiger partial charge in [0.05, 0.1) is 17.1 Å². The molecule has 178 valence electrons. The molecule has 9 heteroatoms. The maximum absolute atomic E-state index is 12.0. The molecule has 0 aliphatic carbocycles. The number of fused-ring (bicyclic) bond motifs is 1. The molecule has 1 aromatic heterocycles. The average molecular weight is 512 g/mol. The number of rotatable bonds is 7. The number of allylic oxidation sites excluding steroid dienone is 1. The zero-order valence-corrected chi connectivity index (χ0v) is 19.7. The molecule has 0 saturated carbocycles. The molecule has 7 nitrogen and oxygen atoms in total. The van der Waals surface area contributed by atoms with Crippen LogP contribution in [0.1, 0.15) is 27.9 Å². The standard InChI is InChI=1S/C26H19Cl2NO6/c27-21-7-5-17(30)9-16(21)13-33-18-6-8-23-15(10-18)11-24(25(31)32)29(23)12-19-14-34-26(35-19)20-3-1-2-4-22(20)28/h1-11,14,26,30H,12-13H2,(H,31,32). The number of phenolic OH excluding ortho intramolecular Hbond substituents is 1. The summed E-state index contributed by atoms with van der Waals surface area (Å²) in [6, 6.07) is 18.7. The van der Waals surface area contributed by atoms with E-state index >= 15 is 0 Å². The maximum atomic E-state index is 12.0. The Labute approximate surface area is 210 Å². The first-order valence-electron chi connectivity index (χ1n) is 10.6. The zero-order chi connectivity index (χ0) is 24.5. The van der Waals surface area contributed by atoms with Gasteiger partial charge in [0.15, 0.2) is 5.76 Å². The molecule has 1 unspecified atom stereocenters. The van der Waals surface area contributed by atoms with Gasteiger partial charge in [0, 0.05) is 21.5 Å². The van der Waals surface area contributed by atoms with Crippen molar-refractivity contribution in [2.24, 2.45) is 0 Å². The Morgan fingerprint density at radius 1 is 1.03 bits per heavy atom. The van der Waals surface area contributed by atoms with Crippen molar-refractivity contribution in [2.45, 2.75) is 19.4 Å². The summed E-state index contributed by atoms with van der Waals surface area (Å²) >= 11 is 12.4. The smallest absolute Gasteiger partial charge is 0.352 e. The van der Waals surface area contributed by atoms with Gasteiger partial charge < -0.3 is 29.0 Å². The summed E-state index contributed by atoms with van der Waals surface area (Å²) in [7, 11) is 0. The first kappa shape index (κ1) is 23.0. The van der Waals surface area contributed by atoms with Crippen LogP contribution in [0.2, 0.25) is 10.0 Å². The Bertz CT molecular complexity index is 1460. The number of hydrogen-bond donors (Lipinski definition) is 2. The molecule has 5 rings (SSSR count). The number of aromatic carboxylic acids is 1. The number of phenols is 1. The van der Waals surface area contributed by atoms with Gasteiger partial charge in [0.25, 0.3) is 6.29 Å². The SMILES string of the molecule is O=C(O)c1cc2cc(OCc3cc(O)ccc3Cl)ccc2n1CC1=COC(c2ccccc2Cl)O1. The van der Waals surface area contributed by atoms with Gasteiger partial charge in [-0.15, -0.1) is 0 Å². The maximum Gasteiger partial charge on any atom is 0.352 e. The van der Waals surface area contributed by atoms with E-state index in [1.165, 1.54) is 18.4 Å². The van der Waals surface area contributed by atoms with Crippen LogP contribution in [0.5, 0.6) is 11.5 Å². The highest BCUT2D eigenvalue weighted by Gasteiger charge is 2.25. The highest BCUT2D eigenvalue weighted by atomic mass is 35.5. The molecule has 0 spiro atoms. The van der Waals surface area contributed by atoms with Crippen LogP contribution in [-0.2, 0) is 22.6 Å². The number of aromatic hydroxyl groups is 1. The van der Waals surface area contributed by atoms with Crippen molar-refractivity contribution < 1.29 is 29.2 Å². The fraction of sp³-hybridized carbons (Fsp3) is 0.115. The van der Waals surface area contributed by atoms with Crippen LogP contribution in [0.25, 0.3) is 10.9 Å². The van der Waals surface area contributed by atoms with Gasteiger partial charge in [-0.25, -0.2) is 4.79 Å². The number of ether oxygens (including phenoxy) is 3. The van der Waals surface area contributed by atoms with E-state index in [9.17, 15) is 15.0 Å². The number of carbonyl (C=O) groups is 1. The van der Waals surface area contributed by atoms with Crippen molar-refractivity contribution in [1.29, 1.82) is 0 Å². The van der Waals surface area contributed by atoms with Gasteiger partial charge in [0.2, 0.25) is 0 Å². The number of hydrogen-bond acceptors (Lipinski definition) is 5. The summed E-state index contributed by atoms with van der Waals surface area (Å²) in [6.45, 7) is 0.303. The van der Waals surface area contributed by atoms with Gasteiger partial charge in [-0.1, -0.05) is 41.4 Å². The third-order valence-electron chi connectivity index (χ3n) is 5.57. The van der Waals surface area contributed by atoms with Crippen molar-refractivity contribution in [3.63, 3.8) is 0 Å². The van der Waals surface area contributed by atoms with Crippen LogP contribution in [0.3, 0.4) is 0 Å². The molecule has 0 amide bonds. The van der Waals surface area contributed by atoms with E-state index in [1.54, 1.807) is 41.0 Å². The fourth-order valence-corrected chi connectivity index (χ4v) is 4.28. The summed E-state index contributed by atoms with van der Waals surface area (Å²) in [6.07, 6.45) is 0.778. The molecule has 2 N–H and O–H groups in total. The van der Waals surface area contributed by atoms with Gasteiger partial charge >= 0.3 is 5.97 Å². The first-order chi connectivity index (χ1) is 16.9. The number of benzene rings is 3. The molecule has 2 heterocycles. The second-order valence-corrected chi connectivity index (χ2v) is 8.71. The second kappa shape index (κ2) is 9.44. The largest absolute Gasteiger partial charge is 0.508 e. The van der Waals surface area contributed by atoms with E-state index in [2.05, 4.69) is 0 Å². The van der Waals surface area contributed by atoms with E-state index in [4.69, 9.17) is 37.4 Å². The van der Waals surface area contributed by atoms with E-state index < -0.39 is 12.3 Å². The van der Waals surface area contributed by atoms with Crippen molar-refractivity contribution >= 4 is 40.1 Å². The molecular weight excluding hydrogens is 493 g/mol. The van der Waals surface area contributed by atoms with Gasteiger partial charge in [-0.2, -0.15) is 0 Å². The van der Waals surface area contributed by atoms with Crippen LogP contribution in [0.15, 0.2) is 78.8 Å². The summed E-state index contributed by atoms with van der Waals surface area (Å²) in [5, 5.41) is 21.1. The third kappa shape index (κ3) is 4.73. The lowest BCUT2D eigenvalue weighted by Crippen LogP contribution is -2.11. The van der Waals surface area contributed by atoms with Crippen molar-refractivity contribution in [3.8, 4) is 11.5 Å². The zero-order valence-electron chi connectivity index (χ0n) is 18.2. The van der Waals surface area contributed by atoms with Crippen molar-refractivity contribution in [2.75, 3.05) is 0 Å². The van der Waals surface area contributed by atoms with Crippen LogP contribution < -0.4 is 4.74 Å². The molecule has 3 aromatic carbocycles. The quantitative estimate of drug-likeness (QED) is 0.293. The fourth-order valence-electron chi connectivity index (χ4n) is 3.88. The molecular formula is C26H19Cl2NO6. The number of carboxylic acid groups (broad SMARTS) is 1. The van der Waals surface area contributed by atoms with E-state index in [0.29, 0.717) is 43.6 Å². The Morgan fingerprint density at radius 2 is 1.86 bits per heavy atom. The Morgan fingerprint density at radius 3 is 2.66 bits per heavy atom. The Kier molecular flexibility index (Phi) is 6.19. The van der Waals surface area contributed by atoms with Gasteiger partial charge in [-0.3, -0.25) is 0 Å². The summed E-state index contributed by atoms with van der Waals surface area (Å²) in [4.78, 5) is 12.0. The molecule has 4 aromatic rings. The minimum absolute atomic E-state index is 0.0934. The van der Waals surface area contributed by atoms with E-state index in [0.717, 1.165) is 0 Å². The Hall–Kier alpha value is -3.81.